The van der Waals surface area contributed by atoms with Gasteiger partial charge in [-0.25, -0.2) is 0 Å². The summed E-state index contributed by atoms with van der Waals surface area (Å²) in [5, 5.41) is 0.736. The van der Waals surface area contributed by atoms with Crippen LogP contribution in [0.2, 0.25) is 5.02 Å². The van der Waals surface area contributed by atoms with Gasteiger partial charge in [0.2, 0.25) is 0 Å². The zero-order valence-corrected chi connectivity index (χ0v) is 13.6. The lowest BCUT2D eigenvalue weighted by atomic mass is 10.0. The zero-order chi connectivity index (χ0) is 15.4. The van der Waals surface area contributed by atoms with Gasteiger partial charge in [-0.1, -0.05) is 30.7 Å². The molecule has 0 amide bonds. The fourth-order valence-corrected chi connectivity index (χ4v) is 2.69. The minimum absolute atomic E-state index is 0.194. The van der Waals surface area contributed by atoms with Crippen LogP contribution in [0, 0.1) is 13.8 Å². The van der Waals surface area contributed by atoms with Gasteiger partial charge in [0.05, 0.1) is 0 Å². The average Bonchev–Trinajstić information content (AvgIpc) is 2.43. The van der Waals surface area contributed by atoms with Crippen molar-refractivity contribution in [2.75, 3.05) is 0 Å². The van der Waals surface area contributed by atoms with Crippen molar-refractivity contribution in [1.29, 1.82) is 0 Å². The summed E-state index contributed by atoms with van der Waals surface area (Å²) in [5.74, 6) is 1.71. The van der Waals surface area contributed by atoms with Gasteiger partial charge in [0.25, 0.3) is 0 Å². The summed E-state index contributed by atoms with van der Waals surface area (Å²) >= 11 is 6.05. The third kappa shape index (κ3) is 4.23. The minimum Gasteiger partial charge on any atom is -0.457 e. The first-order chi connectivity index (χ1) is 9.99. The van der Waals surface area contributed by atoms with Crippen molar-refractivity contribution in [2.24, 2.45) is 5.73 Å². The zero-order valence-electron chi connectivity index (χ0n) is 12.8. The average molecular weight is 304 g/mol. The van der Waals surface area contributed by atoms with E-state index in [1.165, 1.54) is 5.56 Å². The number of ether oxygens (including phenoxy) is 1. The fraction of sp³-hybridized carbons (Fsp3) is 0.333. The van der Waals surface area contributed by atoms with E-state index < -0.39 is 0 Å². The molecule has 2 aromatic carbocycles. The topological polar surface area (TPSA) is 35.2 Å². The SMILES string of the molecule is CCC(N)Cc1cccc(Oc2c(C)cc(Cl)cc2C)c1. The molecule has 1 atom stereocenters. The smallest absolute Gasteiger partial charge is 0.133 e. The number of nitrogens with two attached hydrogens (primary N) is 1. The van der Waals surface area contributed by atoms with E-state index in [0.29, 0.717) is 0 Å². The van der Waals surface area contributed by atoms with E-state index in [1.54, 1.807) is 0 Å². The molecular weight excluding hydrogens is 282 g/mol. The van der Waals surface area contributed by atoms with Crippen LogP contribution in [0.5, 0.6) is 11.5 Å². The maximum Gasteiger partial charge on any atom is 0.133 e. The molecule has 0 radical (unpaired) electrons. The standard InChI is InChI=1S/C18H22ClNO/c1-4-16(20)10-14-6-5-7-17(11-14)21-18-12(2)8-15(19)9-13(18)3/h5-9,11,16H,4,10,20H2,1-3H3. The molecule has 0 aliphatic carbocycles. The predicted octanol–water partition coefficient (Wildman–Crippen LogP) is 5.03. The summed E-state index contributed by atoms with van der Waals surface area (Å²) in [6.07, 6.45) is 1.84. The quantitative estimate of drug-likeness (QED) is 0.841. The van der Waals surface area contributed by atoms with Crippen LogP contribution in [0.4, 0.5) is 0 Å². The van der Waals surface area contributed by atoms with Crippen molar-refractivity contribution in [3.05, 3.63) is 58.1 Å². The van der Waals surface area contributed by atoms with Gasteiger partial charge < -0.3 is 10.5 Å². The molecule has 0 saturated carbocycles. The van der Waals surface area contributed by atoms with E-state index in [0.717, 1.165) is 40.5 Å². The van der Waals surface area contributed by atoms with Gasteiger partial charge in [0.1, 0.15) is 11.5 Å². The fourth-order valence-electron chi connectivity index (χ4n) is 2.36. The third-order valence-corrected chi connectivity index (χ3v) is 3.78. The molecule has 0 spiro atoms. The van der Waals surface area contributed by atoms with E-state index in [1.807, 2.05) is 38.1 Å². The van der Waals surface area contributed by atoms with Gasteiger partial charge in [0.15, 0.2) is 0 Å². The van der Waals surface area contributed by atoms with E-state index >= 15 is 0 Å². The Hall–Kier alpha value is -1.51. The molecule has 3 heteroatoms. The van der Waals surface area contributed by atoms with Crippen molar-refractivity contribution in [3.8, 4) is 11.5 Å². The number of hydrogen-bond acceptors (Lipinski definition) is 2. The normalized spacial score (nSPS) is 12.2. The lowest BCUT2D eigenvalue weighted by Gasteiger charge is -2.14. The molecule has 112 valence electrons. The maximum atomic E-state index is 6.05. The highest BCUT2D eigenvalue weighted by Gasteiger charge is 2.08. The highest BCUT2D eigenvalue weighted by molar-refractivity contribution is 6.30. The van der Waals surface area contributed by atoms with Gasteiger partial charge >= 0.3 is 0 Å². The number of benzene rings is 2. The van der Waals surface area contributed by atoms with Crippen LogP contribution in [0.1, 0.15) is 30.0 Å². The monoisotopic (exact) mass is 303 g/mol. The van der Waals surface area contributed by atoms with Gasteiger partial charge in [-0.3, -0.25) is 0 Å². The minimum atomic E-state index is 0.194. The van der Waals surface area contributed by atoms with Crippen molar-refractivity contribution < 1.29 is 4.74 Å². The predicted molar refractivity (Wildman–Crippen MR) is 89.4 cm³/mol. The molecular formula is C18H22ClNO. The van der Waals surface area contributed by atoms with Crippen LogP contribution in [0.25, 0.3) is 0 Å². The second kappa shape index (κ2) is 6.97. The van der Waals surface area contributed by atoms with Crippen LogP contribution in [0.15, 0.2) is 36.4 Å². The highest BCUT2D eigenvalue weighted by Crippen LogP contribution is 2.31. The third-order valence-electron chi connectivity index (χ3n) is 3.57. The van der Waals surface area contributed by atoms with Crippen LogP contribution in [0.3, 0.4) is 0 Å². The molecule has 2 rings (SSSR count). The molecule has 0 aliphatic rings. The molecule has 1 unspecified atom stereocenters. The summed E-state index contributed by atoms with van der Waals surface area (Å²) in [4.78, 5) is 0. The van der Waals surface area contributed by atoms with E-state index in [-0.39, 0.29) is 6.04 Å². The van der Waals surface area contributed by atoms with Gasteiger partial charge in [-0.15, -0.1) is 0 Å². The second-order valence-electron chi connectivity index (χ2n) is 5.49. The number of hydrogen-bond donors (Lipinski definition) is 1. The van der Waals surface area contributed by atoms with Gasteiger partial charge in [-0.2, -0.15) is 0 Å². The van der Waals surface area contributed by atoms with E-state index in [2.05, 4.69) is 19.1 Å². The van der Waals surface area contributed by atoms with Crippen LogP contribution in [-0.4, -0.2) is 6.04 Å². The molecule has 2 N–H and O–H groups in total. The van der Waals surface area contributed by atoms with Crippen molar-refractivity contribution >= 4 is 11.6 Å². The van der Waals surface area contributed by atoms with E-state index in [9.17, 15) is 0 Å². The summed E-state index contributed by atoms with van der Waals surface area (Å²) in [6, 6.07) is 12.1. The Kier molecular flexibility index (Phi) is 5.27. The van der Waals surface area contributed by atoms with Crippen LogP contribution in [-0.2, 0) is 6.42 Å². The number of aryl methyl sites for hydroxylation is 2. The summed E-state index contributed by atoms with van der Waals surface area (Å²) in [6.45, 7) is 6.11. The Balaban J connectivity index is 2.22. The first-order valence-electron chi connectivity index (χ1n) is 7.28. The Morgan fingerprint density at radius 2 is 1.81 bits per heavy atom. The molecule has 0 aliphatic heterocycles. The van der Waals surface area contributed by atoms with Gasteiger partial charge in [-0.05, 0) is 67.6 Å². The van der Waals surface area contributed by atoms with Crippen molar-refractivity contribution in [1.82, 2.24) is 0 Å². The molecule has 2 aromatic rings. The lowest BCUT2D eigenvalue weighted by molar-refractivity contribution is 0.474. The molecule has 0 saturated heterocycles. The number of rotatable bonds is 5. The molecule has 0 heterocycles. The molecule has 0 fully saturated rings. The van der Waals surface area contributed by atoms with E-state index in [4.69, 9.17) is 22.1 Å². The lowest BCUT2D eigenvalue weighted by Crippen LogP contribution is -2.21. The van der Waals surface area contributed by atoms with Crippen molar-refractivity contribution in [2.45, 2.75) is 39.7 Å². The largest absolute Gasteiger partial charge is 0.457 e. The molecule has 21 heavy (non-hydrogen) atoms. The summed E-state index contributed by atoms with van der Waals surface area (Å²) in [7, 11) is 0. The molecule has 2 nitrogen and oxygen atoms in total. The Bertz CT molecular complexity index is 601. The molecule has 0 aromatic heterocycles. The number of halogens is 1. The molecule has 0 bridgehead atoms. The first kappa shape index (κ1) is 15.9. The van der Waals surface area contributed by atoms with Gasteiger partial charge in [0, 0.05) is 11.1 Å². The maximum absolute atomic E-state index is 6.05. The van der Waals surface area contributed by atoms with Crippen LogP contribution < -0.4 is 10.5 Å². The Morgan fingerprint density at radius 3 is 2.43 bits per heavy atom. The summed E-state index contributed by atoms with van der Waals surface area (Å²) in [5.41, 5.74) is 9.29. The second-order valence-corrected chi connectivity index (χ2v) is 5.93. The summed E-state index contributed by atoms with van der Waals surface area (Å²) < 4.78 is 6.05. The Labute approximate surface area is 131 Å². The highest BCUT2D eigenvalue weighted by atomic mass is 35.5. The van der Waals surface area contributed by atoms with Crippen LogP contribution >= 0.6 is 11.6 Å². The first-order valence-corrected chi connectivity index (χ1v) is 7.66. The Morgan fingerprint density at radius 1 is 1.14 bits per heavy atom. The van der Waals surface area contributed by atoms with Crippen molar-refractivity contribution in [3.63, 3.8) is 0 Å².